The van der Waals surface area contributed by atoms with Gasteiger partial charge in [0, 0.05) is 11.8 Å². The maximum Gasteiger partial charge on any atom is 0.126 e. The second kappa shape index (κ2) is 6.40. The number of fused-ring (bicyclic) bond motifs is 1. The van der Waals surface area contributed by atoms with Crippen molar-refractivity contribution in [2.24, 2.45) is 5.92 Å². The first-order valence-electron chi connectivity index (χ1n) is 7.57. The lowest BCUT2D eigenvalue weighted by Gasteiger charge is -2.23. The average Bonchev–Trinajstić information content (AvgIpc) is 2.95. The monoisotopic (exact) mass is 312 g/mol. The molecule has 5 heteroatoms. The number of nitrogen functional groups attached to an aromatic ring is 1. The van der Waals surface area contributed by atoms with Crippen molar-refractivity contribution in [3.8, 4) is 0 Å². The van der Waals surface area contributed by atoms with Gasteiger partial charge in [-0.25, -0.2) is 15.0 Å². The summed E-state index contributed by atoms with van der Waals surface area (Å²) in [6.07, 6.45) is 3.56. The van der Waals surface area contributed by atoms with E-state index < -0.39 is 0 Å². The van der Waals surface area contributed by atoms with E-state index in [9.17, 15) is 0 Å². The van der Waals surface area contributed by atoms with Crippen molar-refractivity contribution in [3.05, 3.63) is 47.4 Å². The molecule has 114 valence electrons. The fourth-order valence-corrected chi connectivity index (χ4v) is 3.79. The second-order valence-corrected chi connectivity index (χ2v) is 6.60. The molecule has 1 aromatic carbocycles. The van der Waals surface area contributed by atoms with Crippen molar-refractivity contribution in [2.45, 2.75) is 32.6 Å². The van der Waals surface area contributed by atoms with E-state index in [2.05, 4.69) is 47.0 Å². The van der Waals surface area contributed by atoms with Gasteiger partial charge in [-0.15, -0.1) is 11.3 Å². The van der Waals surface area contributed by atoms with Gasteiger partial charge in [-0.2, -0.15) is 0 Å². The quantitative estimate of drug-likeness (QED) is 0.772. The number of anilines is 1. The molecule has 0 spiro atoms. The Bertz CT molecular complexity index is 768. The zero-order valence-corrected chi connectivity index (χ0v) is 13.7. The minimum Gasteiger partial charge on any atom is -0.384 e. The van der Waals surface area contributed by atoms with Gasteiger partial charge in [0.05, 0.1) is 15.7 Å². The van der Waals surface area contributed by atoms with E-state index in [4.69, 9.17) is 5.73 Å². The summed E-state index contributed by atoms with van der Waals surface area (Å²) in [6, 6.07) is 8.49. The molecule has 0 aliphatic heterocycles. The van der Waals surface area contributed by atoms with E-state index in [1.54, 1.807) is 17.7 Å². The standard InChI is InChI=1S/C17H20N4S/c1-3-14(11(2)6-13-8-17(18)20-9-19-13)12-4-5-15-16(7-12)22-10-21-15/h4-5,7-11,14H,3,6H2,1-2H3,(H2,18,19,20). The van der Waals surface area contributed by atoms with Gasteiger partial charge in [0.2, 0.25) is 0 Å². The van der Waals surface area contributed by atoms with Gasteiger partial charge in [-0.05, 0) is 42.4 Å². The lowest BCUT2D eigenvalue weighted by molar-refractivity contribution is 0.441. The molecule has 0 fully saturated rings. The molecule has 0 amide bonds. The van der Waals surface area contributed by atoms with Crippen LogP contribution in [0.3, 0.4) is 0 Å². The molecule has 0 saturated carbocycles. The van der Waals surface area contributed by atoms with Crippen molar-refractivity contribution in [1.29, 1.82) is 0 Å². The predicted molar refractivity (Wildman–Crippen MR) is 92.0 cm³/mol. The number of rotatable bonds is 5. The predicted octanol–water partition coefficient (Wildman–Crippen LogP) is 4.04. The van der Waals surface area contributed by atoms with Crippen LogP contribution in [0.5, 0.6) is 0 Å². The normalized spacial score (nSPS) is 14.1. The molecule has 3 aromatic rings. The van der Waals surface area contributed by atoms with E-state index in [0.717, 1.165) is 24.1 Å². The summed E-state index contributed by atoms with van der Waals surface area (Å²) in [5.41, 5.74) is 11.1. The minimum absolute atomic E-state index is 0.490. The molecule has 2 unspecified atom stereocenters. The van der Waals surface area contributed by atoms with Crippen LogP contribution in [0.15, 0.2) is 36.1 Å². The molecule has 0 radical (unpaired) electrons. The van der Waals surface area contributed by atoms with Crippen LogP contribution in [0.25, 0.3) is 10.2 Å². The largest absolute Gasteiger partial charge is 0.384 e. The Balaban J connectivity index is 1.82. The smallest absolute Gasteiger partial charge is 0.126 e. The Hall–Kier alpha value is -2.01. The molecule has 2 heterocycles. The summed E-state index contributed by atoms with van der Waals surface area (Å²) < 4.78 is 1.26. The van der Waals surface area contributed by atoms with Gasteiger partial charge in [-0.1, -0.05) is 19.9 Å². The number of aromatic nitrogens is 3. The van der Waals surface area contributed by atoms with Crippen LogP contribution in [-0.2, 0) is 6.42 Å². The van der Waals surface area contributed by atoms with Crippen LogP contribution < -0.4 is 5.73 Å². The summed E-state index contributed by atoms with van der Waals surface area (Å²) in [5.74, 6) is 1.53. The van der Waals surface area contributed by atoms with Crippen molar-refractivity contribution in [3.63, 3.8) is 0 Å². The van der Waals surface area contributed by atoms with Gasteiger partial charge in [0.1, 0.15) is 12.1 Å². The Kier molecular flexibility index (Phi) is 4.34. The number of benzene rings is 1. The van der Waals surface area contributed by atoms with Crippen LogP contribution in [-0.4, -0.2) is 15.0 Å². The first-order valence-corrected chi connectivity index (χ1v) is 8.45. The van der Waals surface area contributed by atoms with E-state index in [0.29, 0.717) is 17.7 Å². The Morgan fingerprint density at radius 3 is 2.82 bits per heavy atom. The van der Waals surface area contributed by atoms with Gasteiger partial charge in [0.15, 0.2) is 0 Å². The second-order valence-electron chi connectivity index (χ2n) is 5.71. The summed E-state index contributed by atoms with van der Waals surface area (Å²) >= 11 is 1.70. The van der Waals surface area contributed by atoms with Crippen molar-refractivity contribution in [1.82, 2.24) is 15.0 Å². The Labute approximate surface area is 134 Å². The van der Waals surface area contributed by atoms with Gasteiger partial charge < -0.3 is 5.73 Å². The fourth-order valence-electron chi connectivity index (χ4n) is 3.07. The minimum atomic E-state index is 0.490. The molecule has 0 aliphatic carbocycles. The summed E-state index contributed by atoms with van der Waals surface area (Å²) in [5, 5.41) is 0. The van der Waals surface area contributed by atoms with Crippen LogP contribution >= 0.6 is 11.3 Å². The van der Waals surface area contributed by atoms with E-state index in [1.807, 2.05) is 11.6 Å². The van der Waals surface area contributed by atoms with Crippen LogP contribution in [0.4, 0.5) is 5.82 Å². The zero-order chi connectivity index (χ0) is 15.5. The number of hydrogen-bond acceptors (Lipinski definition) is 5. The molecular weight excluding hydrogens is 292 g/mol. The third kappa shape index (κ3) is 3.09. The maximum absolute atomic E-state index is 5.75. The SMILES string of the molecule is CCC(c1ccc2ncsc2c1)C(C)Cc1cc(N)ncn1. The number of nitrogens with two attached hydrogens (primary N) is 1. The van der Waals surface area contributed by atoms with Crippen LogP contribution in [0.2, 0.25) is 0 Å². The van der Waals surface area contributed by atoms with E-state index in [-0.39, 0.29) is 0 Å². The third-order valence-electron chi connectivity index (χ3n) is 4.19. The topological polar surface area (TPSA) is 64.7 Å². The van der Waals surface area contributed by atoms with Gasteiger partial charge >= 0.3 is 0 Å². The highest BCUT2D eigenvalue weighted by molar-refractivity contribution is 7.16. The highest BCUT2D eigenvalue weighted by Gasteiger charge is 2.19. The summed E-state index contributed by atoms with van der Waals surface area (Å²) in [4.78, 5) is 12.6. The average molecular weight is 312 g/mol. The summed E-state index contributed by atoms with van der Waals surface area (Å²) in [6.45, 7) is 4.52. The maximum atomic E-state index is 5.75. The van der Waals surface area contributed by atoms with Crippen molar-refractivity contribution in [2.75, 3.05) is 5.73 Å². The molecule has 22 heavy (non-hydrogen) atoms. The zero-order valence-electron chi connectivity index (χ0n) is 12.9. The molecule has 0 bridgehead atoms. The van der Waals surface area contributed by atoms with Crippen molar-refractivity contribution >= 4 is 27.4 Å². The van der Waals surface area contributed by atoms with E-state index >= 15 is 0 Å². The van der Waals surface area contributed by atoms with Gasteiger partial charge in [-0.3, -0.25) is 0 Å². The molecule has 2 N–H and O–H groups in total. The van der Waals surface area contributed by atoms with Crippen LogP contribution in [0.1, 0.15) is 37.4 Å². The fraction of sp³-hybridized carbons (Fsp3) is 0.353. The van der Waals surface area contributed by atoms with Gasteiger partial charge in [0.25, 0.3) is 0 Å². The third-order valence-corrected chi connectivity index (χ3v) is 4.98. The summed E-state index contributed by atoms with van der Waals surface area (Å²) in [7, 11) is 0. The molecule has 0 aliphatic rings. The van der Waals surface area contributed by atoms with E-state index in [1.165, 1.54) is 10.3 Å². The molecule has 4 nitrogen and oxygen atoms in total. The highest BCUT2D eigenvalue weighted by Crippen LogP contribution is 2.32. The highest BCUT2D eigenvalue weighted by atomic mass is 32.1. The molecule has 2 aromatic heterocycles. The first-order chi connectivity index (χ1) is 10.7. The van der Waals surface area contributed by atoms with Crippen LogP contribution in [0, 0.1) is 5.92 Å². The molecular formula is C17H20N4S. The lowest BCUT2D eigenvalue weighted by Crippen LogP contribution is -2.13. The number of nitrogens with zero attached hydrogens (tertiary/aromatic N) is 3. The van der Waals surface area contributed by atoms with Crippen molar-refractivity contribution < 1.29 is 0 Å². The lowest BCUT2D eigenvalue weighted by atomic mass is 9.82. The molecule has 3 rings (SSSR count). The Morgan fingerprint density at radius 2 is 2.05 bits per heavy atom. The number of thiazole rings is 1. The first kappa shape index (κ1) is 14.9. The Morgan fingerprint density at radius 1 is 1.18 bits per heavy atom. The molecule has 0 saturated heterocycles. The molecule has 2 atom stereocenters. The number of hydrogen-bond donors (Lipinski definition) is 1.